The Bertz CT molecular complexity index is 68.4. The van der Waals surface area contributed by atoms with Crippen LogP contribution in [0.1, 0.15) is 0 Å². The summed E-state index contributed by atoms with van der Waals surface area (Å²) in [5.74, 6) is 0. The Kier molecular flexibility index (Phi) is 650000. The molecule has 0 rings (SSSR count). The molecular formula is H50N6O40W12-48. The summed E-state index contributed by atoms with van der Waals surface area (Å²) in [6.45, 7) is 0. The van der Waals surface area contributed by atoms with Crippen LogP contribution in [0.2, 0.25) is 0 Å². The fraction of sp³-hybridized carbons (Fsp3) is 0. The molecular weight excluding hydrogens is 2930 g/mol. The zero-order valence-electron chi connectivity index (χ0n) is 27.9. The minimum atomic E-state index is 0. The third-order valence-corrected chi connectivity index (χ3v) is 0. The van der Waals surface area contributed by atoms with E-state index in [0.717, 1.165) is 0 Å². The summed E-state index contributed by atoms with van der Waals surface area (Å²) < 4.78 is 0. The van der Waals surface area contributed by atoms with Gasteiger partial charge in [-0.1, -0.05) is 0 Å². The minimum Gasteiger partial charge on any atom is -2.00 e. The Balaban J connectivity index is 0. The molecule has 0 aromatic carbocycles. The van der Waals surface area contributed by atoms with Crippen LogP contribution in [0.5, 0.6) is 0 Å². The summed E-state index contributed by atoms with van der Waals surface area (Å²) in [7, 11) is 0. The predicted molar refractivity (Wildman–Crippen MR) is 102 cm³/mol. The van der Waals surface area contributed by atoms with Crippen LogP contribution in [-0.4, -0.2) is 76.7 Å². The molecule has 0 atom stereocenters. The molecule has 0 fully saturated rings. The van der Waals surface area contributed by atoms with Crippen LogP contribution >= 0.6 is 0 Å². The van der Waals surface area contributed by atoms with E-state index in [1.165, 1.54) is 0 Å². The van der Waals surface area contributed by atoms with Gasteiger partial charge in [0.1, 0.15) is 0 Å². The molecule has 0 aliphatic heterocycles. The first kappa shape index (κ1) is 6290. The molecule has 0 aliphatic carbocycles. The zero-order valence-corrected chi connectivity index (χ0v) is 63.1. The van der Waals surface area contributed by atoms with Crippen LogP contribution in [0, 0.1) is 0 Å². The van der Waals surface area contributed by atoms with Gasteiger partial charge in [0.15, 0.2) is 0 Å². The molecule has 0 bridgehead atoms. The third-order valence-electron chi connectivity index (χ3n) is 0. The monoisotopic (exact) mass is 2980 g/mol. The standard InChI is InChI=1S/6H3N.14H2O.26O.12W/h6*1H3;14*1H2;;;;;;;;;;;;;;;;;;;;;;;;;;;;;;;;;;;;;;/q;;;;;;;;;;;;;;;;;;;;26*-2;;;;;;;;;;;;/p+4. The fourth-order valence-corrected chi connectivity index (χ4v) is 0. The molecule has 0 spiro atoms. The Morgan fingerprint density at radius 1 is 0.0862 bits per heavy atom. The summed E-state index contributed by atoms with van der Waals surface area (Å²) in [4.78, 5) is 0. The van der Waals surface area contributed by atoms with Crippen molar-refractivity contribution >= 4 is 0 Å². The first-order valence-corrected chi connectivity index (χ1v) is 0. The van der Waals surface area contributed by atoms with E-state index in [1.807, 2.05) is 0 Å². The summed E-state index contributed by atoms with van der Waals surface area (Å²) >= 11 is 0. The molecule has 46 nitrogen and oxygen atoms in total. The van der Waals surface area contributed by atoms with Gasteiger partial charge in [0, 0.05) is 253 Å². The van der Waals surface area contributed by atoms with E-state index >= 15 is 0 Å². The van der Waals surface area contributed by atoms with Crippen molar-refractivity contribution in [3.8, 4) is 0 Å². The molecule has 0 saturated heterocycles. The van der Waals surface area contributed by atoms with E-state index in [4.69, 9.17) is 0 Å². The summed E-state index contributed by atoms with van der Waals surface area (Å²) in [5, 5.41) is 0. The van der Waals surface area contributed by atoms with Gasteiger partial charge >= 0.3 is 0 Å². The van der Waals surface area contributed by atoms with Crippen LogP contribution in [0.25, 0.3) is 0 Å². The van der Waals surface area contributed by atoms with Crippen molar-refractivity contribution in [3.63, 3.8) is 0 Å². The Labute approximate surface area is 502 Å². The maximum absolute atomic E-state index is 0. The zero-order chi connectivity index (χ0) is 0. The predicted octanol–water partition coefficient (Wildman–Crippen LogP) is -12.8. The van der Waals surface area contributed by atoms with Crippen LogP contribution in [0.15, 0.2) is 0 Å². The second kappa shape index (κ2) is 6000. The fourth-order valence-electron chi connectivity index (χ4n) is 0. The quantitative estimate of drug-likeness (QED) is 0.138. The largest absolute Gasteiger partial charge is 2.00 e. The van der Waals surface area contributed by atoms with E-state index in [9.17, 15) is 0 Å². The molecule has 0 aliphatic rings. The molecule has 0 unspecified atom stereocenters. The number of rotatable bonds is 0. The van der Waals surface area contributed by atoms with Crippen LogP contribution in [0.3, 0.4) is 0 Å². The molecule has 58 heavy (non-hydrogen) atoms. The van der Waals surface area contributed by atoms with Crippen LogP contribution in [0.4, 0.5) is 0 Å². The maximum Gasteiger partial charge on any atom is 0 e. The third kappa shape index (κ3) is 5710. The van der Waals surface area contributed by atoms with Gasteiger partial charge in [0.25, 0.3) is 0 Å². The summed E-state index contributed by atoms with van der Waals surface area (Å²) in [6.07, 6.45) is 0. The van der Waals surface area contributed by atoms with Gasteiger partial charge in [-0.15, -0.1) is 0 Å². The normalized spacial score (nSPS) is 0. The van der Waals surface area contributed by atoms with E-state index in [0.29, 0.717) is 0 Å². The van der Waals surface area contributed by atoms with Gasteiger partial charge in [0.05, 0.1) is 0 Å². The van der Waals surface area contributed by atoms with Crippen molar-refractivity contribution in [1.82, 2.24) is 36.9 Å². The Hall–Kier alpha value is 6.42. The average Bonchev–Trinajstić information content (AvgIpc) is 0. The summed E-state index contributed by atoms with van der Waals surface area (Å²) in [6, 6.07) is 0. The molecule has 0 amide bonds. The second-order valence-corrected chi connectivity index (χ2v) is 0. The van der Waals surface area contributed by atoms with Gasteiger partial charge in [-0.2, -0.15) is 0 Å². The molecule has 0 aromatic heterocycles. The Morgan fingerprint density at radius 2 is 0.0862 bits per heavy atom. The van der Waals surface area contributed by atoms with Crippen molar-refractivity contribution < 1.29 is 472 Å². The first-order chi connectivity index (χ1) is 0. The molecule has 440 valence electrons. The van der Waals surface area contributed by atoms with Crippen LogP contribution < -0.4 is 36.9 Å². The van der Waals surface area contributed by atoms with Gasteiger partial charge < -0.3 is 256 Å². The number of hydrogen-bond donors (Lipinski definition) is 6. The van der Waals surface area contributed by atoms with Crippen molar-refractivity contribution in [1.29, 1.82) is 0 Å². The number of hydrogen-bond acceptors (Lipinski definition) is 2. The van der Waals surface area contributed by atoms with Gasteiger partial charge in [0.2, 0.25) is 0 Å². The van der Waals surface area contributed by atoms with Crippen LogP contribution in [-0.2, 0) is 395 Å². The van der Waals surface area contributed by atoms with Gasteiger partial charge in [-0.3, -0.25) is 0 Å². The van der Waals surface area contributed by atoms with Gasteiger partial charge in [-0.25, -0.2) is 0 Å². The van der Waals surface area contributed by atoms with E-state index in [1.54, 1.807) is 0 Å². The van der Waals surface area contributed by atoms with Crippen molar-refractivity contribution in [2.45, 2.75) is 0 Å². The average molecular weight is 2980 g/mol. The molecule has 0 saturated carbocycles. The van der Waals surface area contributed by atoms with E-state index < -0.39 is 0 Å². The first-order valence-electron chi connectivity index (χ1n) is 0. The Morgan fingerprint density at radius 3 is 0.0862 bits per heavy atom. The summed E-state index contributed by atoms with van der Waals surface area (Å²) in [5.41, 5.74) is 0. The molecule has 58 heteroatoms. The van der Waals surface area contributed by atoms with Crippen molar-refractivity contribution in [2.24, 2.45) is 0 Å². The van der Waals surface area contributed by atoms with Gasteiger partial charge in [-0.05, 0) is 0 Å². The smallest absolute Gasteiger partial charge is 0 e. The SMILES string of the molecule is N.N.O.O.O.O.O.O.O.O.O.O.O.O.O.O.[NH4+].[NH4+].[NH4+].[NH4+].[O-2].[O-2].[O-2].[O-2].[O-2].[O-2].[O-2].[O-2].[O-2].[O-2].[O-2].[O-2].[O-2].[O-2].[O-2].[O-2].[O-2].[O-2].[O-2].[O-2].[O-2].[O-2].[O-2].[O-2].[O-2].[O-2].[W].[W].[W].[W].[W].[W].[W].[W].[W].[W].[W].[W]. The minimum absolute atomic E-state index is 0. The topological polar surface area (TPSA) is 1400 Å². The molecule has 50 N–H and O–H groups in total. The van der Waals surface area contributed by atoms with Crippen molar-refractivity contribution in [2.75, 3.05) is 0 Å². The number of quaternary nitrogens is 4. The molecule has 0 radical (unpaired) electrons. The maximum atomic E-state index is 0. The van der Waals surface area contributed by atoms with Crippen molar-refractivity contribution in [3.05, 3.63) is 0 Å². The van der Waals surface area contributed by atoms with E-state index in [-0.39, 0.29) is 509 Å². The van der Waals surface area contributed by atoms with E-state index in [2.05, 4.69) is 0 Å². The second-order valence-electron chi connectivity index (χ2n) is 0. The molecule has 0 aromatic rings. The molecule has 0 heterocycles.